The van der Waals surface area contributed by atoms with Crippen LogP contribution in [-0.4, -0.2) is 71.5 Å². The third-order valence-corrected chi connectivity index (χ3v) is 6.15. The van der Waals surface area contributed by atoms with Crippen molar-refractivity contribution in [1.82, 2.24) is 19.8 Å². The lowest BCUT2D eigenvalue weighted by Gasteiger charge is -2.36. The van der Waals surface area contributed by atoms with E-state index in [0.29, 0.717) is 29.6 Å². The number of piperidine rings is 1. The van der Waals surface area contributed by atoms with Crippen LogP contribution >= 0.6 is 0 Å². The van der Waals surface area contributed by atoms with Gasteiger partial charge in [-0.2, -0.15) is 0 Å². The maximum absolute atomic E-state index is 12.6. The minimum atomic E-state index is -0.0934. The molecule has 1 N–H and O–H groups in total. The number of piperazine rings is 1. The molecule has 3 heterocycles. The second kappa shape index (κ2) is 8.31. The Hall–Kier alpha value is -2.41. The fourth-order valence-electron chi connectivity index (χ4n) is 4.26. The zero-order valence-corrected chi connectivity index (χ0v) is 16.6. The van der Waals surface area contributed by atoms with E-state index in [1.165, 1.54) is 0 Å². The van der Waals surface area contributed by atoms with Crippen molar-refractivity contribution >= 4 is 22.8 Å². The summed E-state index contributed by atoms with van der Waals surface area (Å²) < 4.78 is 0. The van der Waals surface area contributed by atoms with Crippen LogP contribution in [0.25, 0.3) is 10.9 Å². The van der Waals surface area contributed by atoms with Crippen LogP contribution in [0.5, 0.6) is 0 Å². The second-order valence-electron chi connectivity index (χ2n) is 7.86. The van der Waals surface area contributed by atoms with E-state index in [2.05, 4.69) is 26.7 Å². The molecule has 0 unspecified atom stereocenters. The minimum Gasteiger partial charge on any atom is -0.342 e. The number of rotatable bonds is 4. The lowest BCUT2D eigenvalue weighted by atomic mass is 9.93. The quantitative estimate of drug-likeness (QED) is 0.870. The smallest absolute Gasteiger partial charge is 0.260 e. The number of H-pyrrole nitrogens is 1. The summed E-state index contributed by atoms with van der Waals surface area (Å²) in [6.07, 6.45) is 2.55. The Bertz CT molecular complexity index is 880. The summed E-state index contributed by atoms with van der Waals surface area (Å²) in [6.45, 7) is 8.56. The van der Waals surface area contributed by atoms with E-state index in [1.807, 2.05) is 23.1 Å². The summed E-state index contributed by atoms with van der Waals surface area (Å²) in [5.74, 6) is 1.36. The van der Waals surface area contributed by atoms with Gasteiger partial charge in [-0.1, -0.05) is 19.1 Å². The number of aromatic amines is 1. The van der Waals surface area contributed by atoms with Gasteiger partial charge in [-0.3, -0.25) is 14.6 Å². The van der Waals surface area contributed by atoms with Crippen molar-refractivity contribution in [1.29, 1.82) is 0 Å². The topological polar surface area (TPSA) is 72.5 Å². The van der Waals surface area contributed by atoms with Crippen molar-refractivity contribution in [2.45, 2.75) is 26.2 Å². The maximum atomic E-state index is 12.6. The molecule has 2 aromatic rings. The van der Waals surface area contributed by atoms with E-state index >= 15 is 0 Å². The molecule has 7 nitrogen and oxygen atoms in total. The highest BCUT2D eigenvalue weighted by molar-refractivity contribution is 5.78. The monoisotopic (exact) mass is 383 g/mol. The molecule has 0 aliphatic carbocycles. The second-order valence-corrected chi connectivity index (χ2v) is 7.86. The lowest BCUT2D eigenvalue weighted by Crippen LogP contribution is -2.49. The molecule has 0 bridgehead atoms. The van der Waals surface area contributed by atoms with Gasteiger partial charge in [0, 0.05) is 45.7 Å². The highest BCUT2D eigenvalue weighted by Gasteiger charge is 2.26. The fraction of sp³-hybridized carbons (Fsp3) is 0.571. The average molecular weight is 383 g/mol. The molecular weight excluding hydrogens is 354 g/mol. The zero-order valence-electron chi connectivity index (χ0n) is 16.6. The average Bonchev–Trinajstić information content (AvgIpc) is 2.74. The van der Waals surface area contributed by atoms with E-state index in [9.17, 15) is 9.59 Å². The number of nitrogens with one attached hydrogen (secondary N) is 1. The van der Waals surface area contributed by atoms with Crippen LogP contribution in [-0.2, 0) is 4.79 Å². The number of carbonyl (C=O) groups is 1. The number of likely N-dealkylation sites (N-methyl/N-ethyl adjacent to an activating group) is 1. The number of anilines is 1. The van der Waals surface area contributed by atoms with Crippen molar-refractivity contribution in [3.8, 4) is 0 Å². The number of para-hydroxylation sites is 1. The maximum Gasteiger partial charge on any atom is 0.260 e. The number of amides is 1. The van der Waals surface area contributed by atoms with Gasteiger partial charge >= 0.3 is 0 Å². The van der Waals surface area contributed by atoms with Crippen LogP contribution in [0, 0.1) is 5.92 Å². The molecule has 2 aliphatic rings. The molecule has 1 aromatic heterocycles. The predicted molar refractivity (Wildman–Crippen MR) is 111 cm³/mol. The number of carbonyl (C=O) groups excluding carboxylic acids is 1. The van der Waals surface area contributed by atoms with E-state index in [0.717, 1.165) is 64.2 Å². The Morgan fingerprint density at radius 3 is 2.54 bits per heavy atom. The molecule has 2 fully saturated rings. The largest absolute Gasteiger partial charge is 0.342 e. The summed E-state index contributed by atoms with van der Waals surface area (Å²) in [7, 11) is 0. The molecule has 2 aliphatic heterocycles. The van der Waals surface area contributed by atoms with E-state index in [-0.39, 0.29) is 5.56 Å². The summed E-state index contributed by atoms with van der Waals surface area (Å²) >= 11 is 0. The first-order valence-electron chi connectivity index (χ1n) is 10.4. The third-order valence-electron chi connectivity index (χ3n) is 6.15. The molecule has 28 heavy (non-hydrogen) atoms. The Kier molecular flexibility index (Phi) is 5.62. The number of benzene rings is 1. The SMILES string of the molecule is CCN1CCN(C(=O)CC2CCN(c3nc4ccccc4c(=O)[nH]3)CC2)CC1. The van der Waals surface area contributed by atoms with Crippen molar-refractivity contribution in [2.24, 2.45) is 5.92 Å². The van der Waals surface area contributed by atoms with Gasteiger partial charge in [0.15, 0.2) is 0 Å². The highest BCUT2D eigenvalue weighted by atomic mass is 16.2. The Morgan fingerprint density at radius 1 is 1.11 bits per heavy atom. The lowest BCUT2D eigenvalue weighted by molar-refractivity contribution is -0.134. The van der Waals surface area contributed by atoms with Gasteiger partial charge in [0.1, 0.15) is 0 Å². The van der Waals surface area contributed by atoms with Crippen LogP contribution in [0.15, 0.2) is 29.1 Å². The summed E-state index contributed by atoms with van der Waals surface area (Å²) in [5.41, 5.74) is 0.633. The number of nitrogens with zero attached hydrogens (tertiary/aromatic N) is 4. The third kappa shape index (κ3) is 4.04. The van der Waals surface area contributed by atoms with E-state index in [4.69, 9.17) is 0 Å². The molecule has 0 atom stereocenters. The molecule has 1 amide bonds. The predicted octanol–water partition coefficient (Wildman–Crippen LogP) is 1.69. The van der Waals surface area contributed by atoms with Gasteiger partial charge < -0.3 is 14.7 Å². The number of aromatic nitrogens is 2. The summed E-state index contributed by atoms with van der Waals surface area (Å²) in [5, 5.41) is 0.620. The Morgan fingerprint density at radius 2 is 1.82 bits per heavy atom. The number of hydrogen-bond donors (Lipinski definition) is 1. The van der Waals surface area contributed by atoms with Crippen molar-refractivity contribution in [2.75, 3.05) is 50.7 Å². The van der Waals surface area contributed by atoms with Crippen molar-refractivity contribution in [3.05, 3.63) is 34.6 Å². The first-order chi connectivity index (χ1) is 13.6. The van der Waals surface area contributed by atoms with E-state index in [1.54, 1.807) is 6.07 Å². The van der Waals surface area contributed by atoms with Gasteiger partial charge in [-0.15, -0.1) is 0 Å². The molecule has 0 spiro atoms. The summed E-state index contributed by atoms with van der Waals surface area (Å²) in [6, 6.07) is 7.42. The first-order valence-corrected chi connectivity index (χ1v) is 10.4. The zero-order chi connectivity index (χ0) is 19.5. The van der Waals surface area contributed by atoms with Crippen LogP contribution in [0.1, 0.15) is 26.2 Å². The molecule has 7 heteroatoms. The highest BCUT2D eigenvalue weighted by Crippen LogP contribution is 2.24. The van der Waals surface area contributed by atoms with Crippen molar-refractivity contribution < 1.29 is 4.79 Å². The van der Waals surface area contributed by atoms with Crippen LogP contribution < -0.4 is 10.5 Å². The fourth-order valence-corrected chi connectivity index (χ4v) is 4.26. The molecule has 0 saturated carbocycles. The van der Waals surface area contributed by atoms with Gasteiger partial charge in [0.05, 0.1) is 10.9 Å². The van der Waals surface area contributed by atoms with Crippen LogP contribution in [0.2, 0.25) is 0 Å². The van der Waals surface area contributed by atoms with Crippen LogP contribution in [0.3, 0.4) is 0 Å². The van der Waals surface area contributed by atoms with E-state index < -0.39 is 0 Å². The molecule has 0 radical (unpaired) electrons. The number of fused-ring (bicyclic) bond motifs is 1. The van der Waals surface area contributed by atoms with Crippen LogP contribution in [0.4, 0.5) is 5.95 Å². The molecule has 2 saturated heterocycles. The van der Waals surface area contributed by atoms with Gasteiger partial charge in [0.25, 0.3) is 5.56 Å². The normalized spacial score (nSPS) is 19.3. The van der Waals surface area contributed by atoms with Gasteiger partial charge in [-0.05, 0) is 37.4 Å². The minimum absolute atomic E-state index is 0.0934. The first kappa shape index (κ1) is 18.9. The Balaban J connectivity index is 1.32. The molecule has 4 rings (SSSR count). The van der Waals surface area contributed by atoms with Crippen molar-refractivity contribution in [3.63, 3.8) is 0 Å². The Labute approximate surface area is 165 Å². The molecule has 150 valence electrons. The van der Waals surface area contributed by atoms with Gasteiger partial charge in [-0.25, -0.2) is 4.98 Å². The standard InChI is InChI=1S/C21H29N5O2/c1-2-24-11-13-25(14-12-24)19(27)15-16-7-9-26(10-8-16)21-22-18-6-4-3-5-17(18)20(28)23-21/h3-6,16H,2,7-15H2,1H3,(H,22,23,28). The molecule has 1 aromatic carbocycles. The van der Waals surface area contributed by atoms with Gasteiger partial charge in [0.2, 0.25) is 11.9 Å². The number of hydrogen-bond acceptors (Lipinski definition) is 5. The summed E-state index contributed by atoms with van der Waals surface area (Å²) in [4.78, 5) is 39.0. The molecular formula is C21H29N5O2.